The number of aliphatic hydroxyl groups excluding tert-OH is 1. The van der Waals surface area contributed by atoms with Gasteiger partial charge in [0, 0.05) is 32.5 Å². The van der Waals surface area contributed by atoms with Crippen LogP contribution >= 0.6 is 0 Å². The summed E-state index contributed by atoms with van der Waals surface area (Å²) < 4.78 is 18.6. The molecule has 0 bridgehead atoms. The van der Waals surface area contributed by atoms with Gasteiger partial charge in [-0.15, -0.1) is 5.10 Å². The van der Waals surface area contributed by atoms with Gasteiger partial charge in [-0.25, -0.2) is 9.48 Å². The monoisotopic (exact) mass is 489 g/mol. The number of amides is 2. The minimum atomic E-state index is -0.527. The third-order valence-corrected chi connectivity index (χ3v) is 6.17. The average molecular weight is 490 g/mol. The van der Waals surface area contributed by atoms with Crippen LogP contribution in [0, 0.1) is 5.92 Å². The highest BCUT2D eigenvalue weighted by Crippen LogP contribution is 2.20. The van der Waals surface area contributed by atoms with Gasteiger partial charge in [0.25, 0.3) is 0 Å². The van der Waals surface area contributed by atoms with Gasteiger partial charge in [0.05, 0.1) is 50.9 Å². The number of ether oxygens (including phenoxy) is 3. The van der Waals surface area contributed by atoms with Crippen LogP contribution in [0.4, 0.5) is 4.79 Å². The number of hydrogen-bond donors (Lipinski definition) is 1. The first-order chi connectivity index (χ1) is 16.8. The SMILES string of the molecule is COc1ccc(OC(=O)N(C)C[C@@H]2OCc3cnnn3CCCC(=O)N([C@@H](C)CO)C[C@@H]2C)cc1. The Hall–Kier alpha value is -3.18. The van der Waals surface area contributed by atoms with E-state index in [9.17, 15) is 14.7 Å². The number of benzene rings is 1. The van der Waals surface area contributed by atoms with Crippen LogP contribution in [0.1, 0.15) is 32.4 Å². The normalized spacial score (nSPS) is 20.3. The molecular weight excluding hydrogens is 454 g/mol. The quantitative estimate of drug-likeness (QED) is 0.654. The Morgan fingerprint density at radius 2 is 2.03 bits per heavy atom. The molecule has 11 heteroatoms. The number of methoxy groups -OCH3 is 1. The second kappa shape index (κ2) is 12.5. The average Bonchev–Trinajstić information content (AvgIpc) is 3.31. The fourth-order valence-corrected chi connectivity index (χ4v) is 3.91. The number of carbonyl (C=O) groups is 2. The molecule has 0 unspecified atom stereocenters. The molecule has 3 atom stereocenters. The van der Waals surface area contributed by atoms with E-state index in [0.29, 0.717) is 37.4 Å². The number of hydrogen-bond acceptors (Lipinski definition) is 8. The Labute approximate surface area is 205 Å². The number of aryl methyl sites for hydroxylation is 1. The molecule has 3 rings (SSSR count). The van der Waals surface area contributed by atoms with Crippen molar-refractivity contribution in [3.63, 3.8) is 0 Å². The zero-order chi connectivity index (χ0) is 25.4. The largest absolute Gasteiger partial charge is 0.497 e. The van der Waals surface area contributed by atoms with Gasteiger partial charge in [-0.3, -0.25) is 4.79 Å². The third kappa shape index (κ3) is 7.15. The van der Waals surface area contributed by atoms with Gasteiger partial charge in [0.2, 0.25) is 5.91 Å². The molecule has 0 aliphatic carbocycles. The maximum Gasteiger partial charge on any atom is 0.415 e. The van der Waals surface area contributed by atoms with Gasteiger partial charge in [-0.05, 0) is 37.6 Å². The van der Waals surface area contributed by atoms with Crippen molar-refractivity contribution < 1.29 is 28.9 Å². The van der Waals surface area contributed by atoms with E-state index in [4.69, 9.17) is 14.2 Å². The summed E-state index contributed by atoms with van der Waals surface area (Å²) in [5, 5.41) is 17.8. The number of likely N-dealkylation sites (N-methyl/N-ethyl adjacent to an activating group) is 1. The first-order valence-corrected chi connectivity index (χ1v) is 11.8. The highest BCUT2D eigenvalue weighted by atomic mass is 16.6. The lowest BCUT2D eigenvalue weighted by atomic mass is 10.0. The molecule has 1 aliphatic rings. The van der Waals surface area contributed by atoms with Crippen molar-refractivity contribution in [1.82, 2.24) is 24.8 Å². The van der Waals surface area contributed by atoms with E-state index < -0.39 is 12.2 Å². The predicted molar refractivity (Wildman–Crippen MR) is 127 cm³/mol. The van der Waals surface area contributed by atoms with Crippen LogP contribution in [-0.2, 0) is 22.7 Å². The van der Waals surface area contributed by atoms with Crippen LogP contribution in [0.3, 0.4) is 0 Å². The van der Waals surface area contributed by atoms with Gasteiger partial charge in [-0.2, -0.15) is 0 Å². The van der Waals surface area contributed by atoms with E-state index >= 15 is 0 Å². The van der Waals surface area contributed by atoms with Crippen molar-refractivity contribution >= 4 is 12.0 Å². The molecule has 0 fully saturated rings. The Balaban J connectivity index is 1.74. The van der Waals surface area contributed by atoms with Crippen molar-refractivity contribution in [3.8, 4) is 11.5 Å². The molecule has 0 saturated heterocycles. The summed E-state index contributed by atoms with van der Waals surface area (Å²) in [4.78, 5) is 28.8. The standard InChI is InChI=1S/C24H35N5O6/c1-17-13-28(18(2)15-30)23(31)6-5-11-29-19(12-25-26-29)16-34-22(17)14-27(3)24(32)35-21-9-7-20(33-4)8-10-21/h7-10,12,17-18,22,30H,5-6,11,13-16H2,1-4H3/t17-,18-,22-/m0/s1. The zero-order valence-corrected chi connectivity index (χ0v) is 20.8. The molecule has 2 aromatic rings. The summed E-state index contributed by atoms with van der Waals surface area (Å²) in [7, 11) is 3.21. The number of carbonyl (C=O) groups excluding carboxylic acids is 2. The lowest BCUT2D eigenvalue weighted by Gasteiger charge is -2.35. The topological polar surface area (TPSA) is 119 Å². The predicted octanol–water partition coefficient (Wildman–Crippen LogP) is 1.94. The second-order valence-corrected chi connectivity index (χ2v) is 8.88. The zero-order valence-electron chi connectivity index (χ0n) is 20.8. The summed E-state index contributed by atoms with van der Waals surface area (Å²) in [6.45, 7) is 5.11. The Bertz CT molecular complexity index is 966. The Morgan fingerprint density at radius 3 is 2.71 bits per heavy atom. The first kappa shape index (κ1) is 26.4. The molecule has 2 heterocycles. The van der Waals surface area contributed by atoms with E-state index in [2.05, 4.69) is 10.3 Å². The lowest BCUT2D eigenvalue weighted by Crippen LogP contribution is -2.48. The van der Waals surface area contributed by atoms with Crippen LogP contribution in [0.25, 0.3) is 0 Å². The maximum atomic E-state index is 12.9. The summed E-state index contributed by atoms with van der Waals surface area (Å²) in [5.41, 5.74) is 0.805. The second-order valence-electron chi connectivity index (χ2n) is 8.88. The van der Waals surface area contributed by atoms with Crippen molar-refractivity contribution in [3.05, 3.63) is 36.2 Å². The van der Waals surface area contributed by atoms with E-state index in [0.717, 1.165) is 5.69 Å². The van der Waals surface area contributed by atoms with Gasteiger partial charge < -0.3 is 29.1 Å². The molecule has 11 nitrogen and oxygen atoms in total. The van der Waals surface area contributed by atoms with Crippen molar-refractivity contribution in [2.24, 2.45) is 5.92 Å². The van der Waals surface area contributed by atoms with Crippen LogP contribution in [0.2, 0.25) is 0 Å². The fraction of sp³-hybridized carbons (Fsp3) is 0.583. The molecule has 1 N–H and O–H groups in total. The van der Waals surface area contributed by atoms with E-state index in [-0.39, 0.29) is 37.6 Å². The number of nitrogens with zero attached hydrogens (tertiary/aromatic N) is 5. The molecule has 192 valence electrons. The van der Waals surface area contributed by atoms with Crippen LogP contribution in [0.5, 0.6) is 11.5 Å². The van der Waals surface area contributed by atoms with Crippen LogP contribution in [0.15, 0.2) is 30.5 Å². The summed E-state index contributed by atoms with van der Waals surface area (Å²) in [6, 6.07) is 6.42. The van der Waals surface area contributed by atoms with Crippen LogP contribution < -0.4 is 9.47 Å². The maximum absolute atomic E-state index is 12.9. The van der Waals surface area contributed by atoms with Crippen molar-refractivity contribution in [2.45, 2.75) is 52.0 Å². The van der Waals surface area contributed by atoms with Gasteiger partial charge in [0.1, 0.15) is 11.5 Å². The van der Waals surface area contributed by atoms with Crippen molar-refractivity contribution in [1.29, 1.82) is 0 Å². The minimum absolute atomic E-state index is 0.0355. The van der Waals surface area contributed by atoms with Crippen LogP contribution in [-0.4, -0.2) is 87.9 Å². The number of fused-ring (bicyclic) bond motifs is 1. The smallest absolute Gasteiger partial charge is 0.415 e. The number of aromatic nitrogens is 3. The molecule has 2 amide bonds. The third-order valence-electron chi connectivity index (χ3n) is 6.17. The molecule has 35 heavy (non-hydrogen) atoms. The van der Waals surface area contributed by atoms with Crippen molar-refractivity contribution in [2.75, 3.05) is 33.9 Å². The number of rotatable bonds is 6. The van der Waals surface area contributed by atoms with Gasteiger partial charge in [-0.1, -0.05) is 12.1 Å². The van der Waals surface area contributed by atoms with Gasteiger partial charge in [0.15, 0.2) is 0 Å². The van der Waals surface area contributed by atoms with E-state index in [1.54, 1.807) is 54.2 Å². The molecular formula is C24H35N5O6. The number of aliphatic hydroxyl groups is 1. The molecule has 0 saturated carbocycles. The van der Waals surface area contributed by atoms with E-state index in [1.165, 1.54) is 4.90 Å². The summed E-state index contributed by atoms with van der Waals surface area (Å²) in [6.07, 6.45) is 1.67. The Morgan fingerprint density at radius 1 is 1.31 bits per heavy atom. The summed E-state index contributed by atoms with van der Waals surface area (Å²) in [5.74, 6) is 0.900. The highest BCUT2D eigenvalue weighted by Gasteiger charge is 2.29. The molecule has 1 aliphatic heterocycles. The molecule has 1 aromatic carbocycles. The molecule has 1 aromatic heterocycles. The lowest BCUT2D eigenvalue weighted by molar-refractivity contribution is -0.136. The van der Waals surface area contributed by atoms with E-state index in [1.807, 2.05) is 13.8 Å². The summed E-state index contributed by atoms with van der Waals surface area (Å²) >= 11 is 0. The molecule has 0 spiro atoms. The highest BCUT2D eigenvalue weighted by molar-refractivity contribution is 5.76. The molecule has 0 radical (unpaired) electrons. The minimum Gasteiger partial charge on any atom is -0.497 e. The Kier molecular flexibility index (Phi) is 9.44. The first-order valence-electron chi connectivity index (χ1n) is 11.8. The van der Waals surface area contributed by atoms with Gasteiger partial charge >= 0.3 is 6.09 Å². The fourth-order valence-electron chi connectivity index (χ4n) is 3.91.